The Hall–Kier alpha value is 0.810. The summed E-state index contributed by atoms with van der Waals surface area (Å²) in [6.07, 6.45) is 38.7. The van der Waals surface area contributed by atoms with Gasteiger partial charge in [0.05, 0.1) is 13.2 Å². The van der Waals surface area contributed by atoms with E-state index in [4.69, 9.17) is 9.05 Å². The molecule has 0 heterocycles. The normalized spacial score (nSPS) is 12.0. The smallest absolute Gasteiger partial charge is 0.302 e. The summed E-state index contributed by atoms with van der Waals surface area (Å²) in [6, 6.07) is 0. The van der Waals surface area contributed by atoms with Crippen molar-refractivity contribution in [1.29, 1.82) is 0 Å². The van der Waals surface area contributed by atoms with E-state index in [2.05, 4.69) is 13.8 Å². The lowest BCUT2D eigenvalue weighted by molar-refractivity contribution is 0.163. The molecule has 4 nitrogen and oxygen atoms in total. The summed E-state index contributed by atoms with van der Waals surface area (Å²) in [7, 11) is -3.90. The molecular formula is C36H75O4PS2. The fourth-order valence-electron chi connectivity index (χ4n) is 5.46. The van der Waals surface area contributed by atoms with Gasteiger partial charge in [0, 0.05) is 11.5 Å². The molecule has 0 bridgehead atoms. The van der Waals surface area contributed by atoms with Crippen LogP contribution in [-0.4, -0.2) is 41.1 Å². The van der Waals surface area contributed by atoms with Crippen molar-refractivity contribution in [3.05, 3.63) is 0 Å². The lowest BCUT2D eigenvalue weighted by Crippen LogP contribution is -2.02. The maximum atomic E-state index is 12.1. The van der Waals surface area contributed by atoms with Crippen molar-refractivity contribution in [2.75, 3.05) is 36.2 Å². The molecule has 7 heteroatoms. The van der Waals surface area contributed by atoms with Gasteiger partial charge < -0.3 is 4.89 Å². The fraction of sp³-hybridized carbons (Fsp3) is 1.00. The van der Waals surface area contributed by atoms with E-state index in [-0.39, 0.29) is 13.2 Å². The SMILES string of the molecule is CCCCCCCCCCCCCCCCSCCOP(=O)(O)OCCSCCCCCCCCCCCCCCCC. The van der Waals surface area contributed by atoms with Crippen LogP contribution in [0.15, 0.2) is 0 Å². The van der Waals surface area contributed by atoms with Crippen LogP contribution in [0, 0.1) is 0 Å². The molecular weight excluding hydrogens is 592 g/mol. The highest BCUT2D eigenvalue weighted by Crippen LogP contribution is 2.43. The van der Waals surface area contributed by atoms with Crippen LogP contribution in [0.2, 0.25) is 0 Å². The Kier molecular flexibility index (Phi) is 38.0. The summed E-state index contributed by atoms with van der Waals surface area (Å²) >= 11 is 3.62. The molecule has 0 aliphatic rings. The highest BCUT2D eigenvalue weighted by Gasteiger charge is 2.20. The van der Waals surface area contributed by atoms with Gasteiger partial charge in [-0.15, -0.1) is 0 Å². The van der Waals surface area contributed by atoms with Gasteiger partial charge in [-0.2, -0.15) is 23.5 Å². The Morgan fingerprint density at radius 2 is 0.628 bits per heavy atom. The third-order valence-corrected chi connectivity index (χ3v) is 11.3. The lowest BCUT2D eigenvalue weighted by atomic mass is 10.0. The number of phosphoric acid groups is 1. The molecule has 43 heavy (non-hydrogen) atoms. The molecule has 260 valence electrons. The van der Waals surface area contributed by atoms with Crippen LogP contribution in [0.4, 0.5) is 0 Å². The van der Waals surface area contributed by atoms with Gasteiger partial charge in [0.15, 0.2) is 0 Å². The number of phosphoric ester groups is 1. The number of rotatable bonds is 38. The Morgan fingerprint density at radius 1 is 0.395 bits per heavy atom. The van der Waals surface area contributed by atoms with Gasteiger partial charge in [-0.1, -0.05) is 181 Å². The third kappa shape index (κ3) is 38.9. The molecule has 0 aromatic carbocycles. The first-order valence-corrected chi connectivity index (χ1v) is 22.7. The van der Waals surface area contributed by atoms with Crippen molar-refractivity contribution in [3.8, 4) is 0 Å². The van der Waals surface area contributed by atoms with E-state index in [9.17, 15) is 9.46 Å². The number of hydrogen-bond donors (Lipinski definition) is 1. The van der Waals surface area contributed by atoms with Gasteiger partial charge in [-0.3, -0.25) is 9.05 Å². The Bertz CT molecular complexity index is 523. The van der Waals surface area contributed by atoms with Crippen molar-refractivity contribution in [1.82, 2.24) is 0 Å². The van der Waals surface area contributed by atoms with Gasteiger partial charge in [-0.25, -0.2) is 4.57 Å². The average Bonchev–Trinajstić information content (AvgIpc) is 3.00. The van der Waals surface area contributed by atoms with Gasteiger partial charge in [0.1, 0.15) is 0 Å². The Balaban J connectivity index is 3.26. The van der Waals surface area contributed by atoms with Crippen LogP contribution < -0.4 is 0 Å². The van der Waals surface area contributed by atoms with E-state index in [1.54, 1.807) is 0 Å². The third-order valence-electron chi connectivity index (χ3n) is 8.25. The van der Waals surface area contributed by atoms with Crippen molar-refractivity contribution < 1.29 is 18.5 Å². The van der Waals surface area contributed by atoms with Crippen LogP contribution in [0.25, 0.3) is 0 Å². The predicted molar refractivity (Wildman–Crippen MR) is 197 cm³/mol. The Labute approximate surface area is 278 Å². The van der Waals surface area contributed by atoms with Crippen molar-refractivity contribution >= 4 is 31.3 Å². The molecule has 1 N–H and O–H groups in total. The standard InChI is InChI=1S/C36H75O4PS2/c1-3-5-7-9-11-13-15-17-19-21-23-25-27-29-33-42-35-31-39-41(37,38)40-32-36-43-34-30-28-26-24-22-20-18-16-14-12-10-8-6-4-2/h3-36H2,1-2H3,(H,37,38). The average molecular weight is 667 g/mol. The van der Waals surface area contributed by atoms with Gasteiger partial charge in [0.2, 0.25) is 0 Å². The zero-order chi connectivity index (χ0) is 31.4. The van der Waals surface area contributed by atoms with Crippen molar-refractivity contribution in [2.24, 2.45) is 0 Å². The summed E-state index contributed by atoms with van der Waals surface area (Å²) in [5.41, 5.74) is 0. The largest absolute Gasteiger partial charge is 0.472 e. The minimum Gasteiger partial charge on any atom is -0.302 e. The van der Waals surface area contributed by atoms with E-state index < -0.39 is 7.82 Å². The quantitative estimate of drug-likeness (QED) is 0.0523. The highest BCUT2D eigenvalue weighted by molar-refractivity contribution is 7.99. The van der Waals surface area contributed by atoms with E-state index in [1.807, 2.05) is 23.5 Å². The van der Waals surface area contributed by atoms with Gasteiger partial charge in [0.25, 0.3) is 0 Å². The molecule has 0 rings (SSSR count). The lowest BCUT2D eigenvalue weighted by Gasteiger charge is -2.12. The molecule has 0 aliphatic heterocycles. The van der Waals surface area contributed by atoms with E-state index in [1.165, 1.54) is 180 Å². The molecule has 0 saturated carbocycles. The number of thioether (sulfide) groups is 2. The maximum Gasteiger partial charge on any atom is 0.472 e. The molecule has 0 saturated heterocycles. The number of unbranched alkanes of at least 4 members (excludes halogenated alkanes) is 26. The Morgan fingerprint density at radius 3 is 0.884 bits per heavy atom. The van der Waals surface area contributed by atoms with Gasteiger partial charge >= 0.3 is 7.82 Å². The fourth-order valence-corrected chi connectivity index (χ4v) is 8.05. The summed E-state index contributed by atoms with van der Waals surface area (Å²) in [5, 5.41) is 0. The molecule has 0 fully saturated rings. The molecule has 0 radical (unpaired) electrons. The van der Waals surface area contributed by atoms with Crippen LogP contribution in [-0.2, 0) is 13.6 Å². The second-order valence-corrected chi connectivity index (χ2v) is 16.5. The molecule has 0 unspecified atom stereocenters. The van der Waals surface area contributed by atoms with E-state index in [0.717, 1.165) is 23.0 Å². The van der Waals surface area contributed by atoms with Crippen molar-refractivity contribution in [3.63, 3.8) is 0 Å². The molecule has 0 aliphatic carbocycles. The van der Waals surface area contributed by atoms with Crippen LogP contribution in [0.1, 0.15) is 194 Å². The minimum atomic E-state index is -3.90. The summed E-state index contributed by atoms with van der Waals surface area (Å²) in [5.74, 6) is 3.71. The highest BCUT2D eigenvalue weighted by atomic mass is 32.2. The van der Waals surface area contributed by atoms with E-state index in [0.29, 0.717) is 0 Å². The first kappa shape index (κ1) is 43.8. The van der Waals surface area contributed by atoms with Crippen LogP contribution in [0.3, 0.4) is 0 Å². The number of hydrogen-bond acceptors (Lipinski definition) is 5. The summed E-state index contributed by atoms with van der Waals surface area (Å²) < 4.78 is 22.3. The zero-order valence-electron chi connectivity index (χ0n) is 29.0. The van der Waals surface area contributed by atoms with E-state index >= 15 is 0 Å². The van der Waals surface area contributed by atoms with Gasteiger partial charge in [-0.05, 0) is 24.3 Å². The minimum absolute atomic E-state index is 0.281. The van der Waals surface area contributed by atoms with Crippen LogP contribution in [0.5, 0.6) is 0 Å². The van der Waals surface area contributed by atoms with Crippen molar-refractivity contribution in [2.45, 2.75) is 194 Å². The molecule has 0 aromatic rings. The molecule has 0 atom stereocenters. The second-order valence-electron chi connectivity index (χ2n) is 12.6. The maximum absolute atomic E-state index is 12.1. The topological polar surface area (TPSA) is 55.8 Å². The molecule has 0 spiro atoms. The second kappa shape index (κ2) is 37.3. The first-order chi connectivity index (χ1) is 21.1. The van der Waals surface area contributed by atoms with Crippen LogP contribution >= 0.6 is 31.3 Å². The first-order valence-electron chi connectivity index (χ1n) is 18.9. The zero-order valence-corrected chi connectivity index (χ0v) is 31.5. The summed E-state index contributed by atoms with van der Waals surface area (Å²) in [4.78, 5) is 9.88. The monoisotopic (exact) mass is 666 g/mol. The molecule has 0 amide bonds. The summed E-state index contributed by atoms with van der Waals surface area (Å²) in [6.45, 7) is 5.13. The molecule has 0 aromatic heterocycles. The predicted octanol–water partition coefficient (Wildman–Crippen LogP) is 13.5.